The van der Waals surface area contributed by atoms with Gasteiger partial charge in [0, 0.05) is 12.1 Å². The summed E-state index contributed by atoms with van der Waals surface area (Å²) in [6, 6.07) is 2.96. The topological polar surface area (TPSA) is 46.2 Å². The first-order valence-corrected chi connectivity index (χ1v) is 8.86. The molecule has 1 heterocycles. The van der Waals surface area contributed by atoms with Crippen LogP contribution < -0.4 is 4.72 Å². The molecular weight excluding hydrogens is 401 g/mol. The molecule has 0 bridgehead atoms. The molecule has 0 unspecified atom stereocenters. The molecule has 0 fully saturated rings. The fourth-order valence-corrected chi connectivity index (χ4v) is 4.78. The molecule has 2 rings (SSSR count). The molecule has 11 heteroatoms. The first-order chi connectivity index (χ1) is 10.5. The van der Waals surface area contributed by atoms with Gasteiger partial charge in [0.05, 0.1) is 9.90 Å². The van der Waals surface area contributed by atoms with Gasteiger partial charge in [-0.1, -0.05) is 29.3 Å². The number of benzene rings is 1. The van der Waals surface area contributed by atoms with Gasteiger partial charge in [0.25, 0.3) is 0 Å². The van der Waals surface area contributed by atoms with Gasteiger partial charge in [-0.15, -0.1) is 11.3 Å². The monoisotopic (exact) mass is 407 g/mol. The van der Waals surface area contributed by atoms with E-state index in [0.29, 0.717) is 12.1 Å². The van der Waals surface area contributed by atoms with Crippen LogP contribution in [0.5, 0.6) is 0 Å². The molecule has 126 valence electrons. The Labute approximate surface area is 142 Å². The van der Waals surface area contributed by atoms with E-state index in [1.165, 1.54) is 0 Å². The average Bonchev–Trinajstić information content (AvgIpc) is 2.76. The van der Waals surface area contributed by atoms with Crippen LogP contribution in [0.25, 0.3) is 0 Å². The summed E-state index contributed by atoms with van der Waals surface area (Å²) in [6.07, 6.45) is -4.68. The van der Waals surface area contributed by atoms with Crippen LogP contribution in [0, 0.1) is 5.82 Å². The van der Waals surface area contributed by atoms with E-state index >= 15 is 0 Å². The molecule has 0 atom stereocenters. The van der Waals surface area contributed by atoms with E-state index in [0.717, 1.165) is 23.5 Å². The zero-order valence-electron chi connectivity index (χ0n) is 10.9. The van der Waals surface area contributed by atoms with Crippen LogP contribution in [0.2, 0.25) is 8.67 Å². The second-order valence-corrected chi connectivity index (χ2v) is 8.34. The second-order valence-electron chi connectivity index (χ2n) is 4.32. The maximum Gasteiger partial charge on any atom is 0.416 e. The minimum Gasteiger partial charge on any atom is -0.207 e. The number of sulfonamides is 1. The Bertz CT molecular complexity index is 834. The lowest BCUT2D eigenvalue weighted by Gasteiger charge is -2.10. The molecule has 0 radical (unpaired) electrons. The maximum atomic E-state index is 13.7. The lowest BCUT2D eigenvalue weighted by Crippen LogP contribution is -2.23. The highest BCUT2D eigenvalue weighted by atomic mass is 35.5. The zero-order valence-corrected chi connectivity index (χ0v) is 14.1. The third-order valence-electron chi connectivity index (χ3n) is 2.75. The van der Waals surface area contributed by atoms with Crippen LogP contribution in [0.1, 0.15) is 11.1 Å². The van der Waals surface area contributed by atoms with Gasteiger partial charge >= 0.3 is 6.18 Å². The molecule has 2 aromatic rings. The first kappa shape index (κ1) is 18.5. The summed E-state index contributed by atoms with van der Waals surface area (Å²) in [5, 5.41) is 0. The number of hydrogen-bond acceptors (Lipinski definition) is 3. The molecule has 0 aliphatic rings. The predicted octanol–water partition coefficient (Wildman–Crippen LogP) is 4.69. The van der Waals surface area contributed by atoms with Crippen molar-refractivity contribution in [1.29, 1.82) is 0 Å². The van der Waals surface area contributed by atoms with Gasteiger partial charge < -0.3 is 0 Å². The fourth-order valence-electron chi connectivity index (χ4n) is 1.63. The molecule has 3 nitrogen and oxygen atoms in total. The number of thiophene rings is 1. The number of hydrogen-bond donors (Lipinski definition) is 1. The molecule has 23 heavy (non-hydrogen) atoms. The SMILES string of the molecule is O=S(=O)(NCc1ccc(C(F)(F)F)cc1F)c1cc(Cl)sc1Cl. The molecular formula is C12H7Cl2F4NO2S2. The van der Waals surface area contributed by atoms with E-state index in [1.807, 2.05) is 0 Å². The van der Waals surface area contributed by atoms with Crippen molar-refractivity contribution in [2.45, 2.75) is 17.6 Å². The number of nitrogens with one attached hydrogen (secondary N) is 1. The molecule has 0 aliphatic heterocycles. The maximum absolute atomic E-state index is 13.7. The van der Waals surface area contributed by atoms with Crippen LogP contribution >= 0.6 is 34.5 Å². The highest BCUT2D eigenvalue weighted by molar-refractivity contribution is 7.89. The minimum absolute atomic E-state index is 0.0737. The van der Waals surface area contributed by atoms with E-state index < -0.39 is 34.1 Å². The van der Waals surface area contributed by atoms with Gasteiger partial charge in [0.15, 0.2) is 0 Å². The van der Waals surface area contributed by atoms with Crippen molar-refractivity contribution in [3.05, 3.63) is 49.9 Å². The van der Waals surface area contributed by atoms with Gasteiger partial charge in [-0.3, -0.25) is 0 Å². The van der Waals surface area contributed by atoms with Crippen molar-refractivity contribution in [2.24, 2.45) is 0 Å². The third-order valence-corrected chi connectivity index (χ3v) is 5.90. The average molecular weight is 408 g/mol. The van der Waals surface area contributed by atoms with Crippen LogP contribution in [0.3, 0.4) is 0 Å². The summed E-state index contributed by atoms with van der Waals surface area (Å²) in [5.74, 6) is -1.17. The Morgan fingerprint density at radius 2 is 1.83 bits per heavy atom. The standard InChI is InChI=1S/C12H7Cl2F4NO2S2/c13-10-4-9(11(14)22-10)23(20,21)19-5-6-1-2-7(3-8(6)15)12(16,17)18/h1-4,19H,5H2. The Morgan fingerprint density at radius 3 is 2.30 bits per heavy atom. The molecule has 0 spiro atoms. The quantitative estimate of drug-likeness (QED) is 0.747. The normalized spacial score (nSPS) is 12.6. The fraction of sp³-hybridized carbons (Fsp3) is 0.167. The van der Waals surface area contributed by atoms with E-state index in [4.69, 9.17) is 23.2 Å². The molecule has 0 aliphatic carbocycles. The zero-order chi connectivity index (χ0) is 17.4. The lowest BCUT2D eigenvalue weighted by molar-refractivity contribution is -0.137. The lowest BCUT2D eigenvalue weighted by atomic mass is 10.1. The Morgan fingerprint density at radius 1 is 1.17 bits per heavy atom. The molecule has 0 saturated carbocycles. The van der Waals surface area contributed by atoms with Gasteiger partial charge in [-0.05, 0) is 18.2 Å². The summed E-state index contributed by atoms with van der Waals surface area (Å²) in [6.45, 7) is -0.532. The van der Waals surface area contributed by atoms with Crippen molar-refractivity contribution in [1.82, 2.24) is 4.72 Å². The molecule has 1 aromatic carbocycles. The number of halogens is 6. The first-order valence-electron chi connectivity index (χ1n) is 5.81. The predicted molar refractivity (Wildman–Crippen MR) is 79.8 cm³/mol. The number of rotatable bonds is 4. The van der Waals surface area contributed by atoms with Gasteiger partial charge in [-0.2, -0.15) is 13.2 Å². The van der Waals surface area contributed by atoms with Crippen molar-refractivity contribution < 1.29 is 26.0 Å². The molecule has 0 saturated heterocycles. The summed E-state index contributed by atoms with van der Waals surface area (Å²) in [4.78, 5) is -0.276. The second kappa shape index (κ2) is 6.56. The third kappa shape index (κ3) is 4.36. The Hall–Kier alpha value is -0.870. The van der Waals surface area contributed by atoms with Crippen molar-refractivity contribution in [3.8, 4) is 0 Å². The smallest absolute Gasteiger partial charge is 0.207 e. The van der Waals surface area contributed by atoms with Gasteiger partial charge in [0.2, 0.25) is 10.0 Å². The van der Waals surface area contributed by atoms with Crippen LogP contribution in [0.15, 0.2) is 29.2 Å². The van der Waals surface area contributed by atoms with Crippen molar-refractivity contribution in [2.75, 3.05) is 0 Å². The van der Waals surface area contributed by atoms with Crippen LogP contribution in [0.4, 0.5) is 17.6 Å². The van der Waals surface area contributed by atoms with Gasteiger partial charge in [0.1, 0.15) is 15.0 Å². The highest BCUT2D eigenvalue weighted by Gasteiger charge is 2.31. The van der Waals surface area contributed by atoms with E-state index in [2.05, 4.69) is 4.72 Å². The number of alkyl halides is 3. The van der Waals surface area contributed by atoms with E-state index in [-0.39, 0.29) is 19.1 Å². The summed E-state index contributed by atoms with van der Waals surface area (Å²) in [7, 11) is -4.07. The summed E-state index contributed by atoms with van der Waals surface area (Å²) >= 11 is 12.2. The highest BCUT2D eigenvalue weighted by Crippen LogP contribution is 2.34. The van der Waals surface area contributed by atoms with Crippen LogP contribution in [-0.4, -0.2) is 8.42 Å². The molecule has 1 aromatic heterocycles. The Kier molecular flexibility index (Phi) is 5.27. The largest absolute Gasteiger partial charge is 0.416 e. The van der Waals surface area contributed by atoms with Gasteiger partial charge in [-0.25, -0.2) is 17.5 Å². The van der Waals surface area contributed by atoms with Crippen molar-refractivity contribution in [3.63, 3.8) is 0 Å². The molecule has 1 N–H and O–H groups in total. The summed E-state index contributed by atoms with van der Waals surface area (Å²) < 4.78 is 77.2. The molecule has 0 amide bonds. The van der Waals surface area contributed by atoms with Crippen LogP contribution in [-0.2, 0) is 22.7 Å². The van der Waals surface area contributed by atoms with Crippen molar-refractivity contribution >= 4 is 44.6 Å². The Balaban J connectivity index is 2.19. The summed E-state index contributed by atoms with van der Waals surface area (Å²) in [5.41, 5.74) is -1.40. The van der Waals surface area contributed by atoms with E-state index in [9.17, 15) is 26.0 Å². The minimum atomic E-state index is -4.68. The van der Waals surface area contributed by atoms with E-state index in [1.54, 1.807) is 0 Å².